The standard InChI is InChI=1S/C44H27NO2/c1-2-8-28(9-3-1)29-18-22-34(23-19-29)45(38-13-7-12-37-36-11-4-5-14-39(36)47-44(37)38)35-24-20-30(21-25-35)33-26-32-17-16-31-10-6-15-40-42(31)43(32)41(27-33)46-40/h1-27H. The summed E-state index contributed by atoms with van der Waals surface area (Å²) in [6.45, 7) is 0. The fourth-order valence-corrected chi connectivity index (χ4v) is 7.19. The van der Waals surface area contributed by atoms with Gasteiger partial charge in [0.25, 0.3) is 0 Å². The molecular weight excluding hydrogens is 574 g/mol. The van der Waals surface area contributed by atoms with E-state index in [2.05, 4.69) is 150 Å². The summed E-state index contributed by atoms with van der Waals surface area (Å²) in [6.07, 6.45) is 0. The van der Waals surface area contributed by atoms with Gasteiger partial charge in [-0.3, -0.25) is 0 Å². The van der Waals surface area contributed by atoms with Gasteiger partial charge in [0.2, 0.25) is 0 Å². The van der Waals surface area contributed by atoms with Gasteiger partial charge in [-0.05, 0) is 87.6 Å². The third-order valence-electron chi connectivity index (χ3n) is 9.42. The predicted octanol–water partition coefficient (Wildman–Crippen LogP) is 12.9. The summed E-state index contributed by atoms with van der Waals surface area (Å²) in [6, 6.07) is 57.8. The maximum absolute atomic E-state index is 6.53. The van der Waals surface area contributed by atoms with Gasteiger partial charge in [-0.15, -0.1) is 0 Å². The largest absolute Gasteiger partial charge is 0.456 e. The van der Waals surface area contributed by atoms with Gasteiger partial charge in [-0.1, -0.05) is 109 Å². The van der Waals surface area contributed by atoms with Gasteiger partial charge in [0.05, 0.1) is 5.69 Å². The lowest BCUT2D eigenvalue weighted by Crippen LogP contribution is -2.10. The number of furan rings is 2. The minimum Gasteiger partial charge on any atom is -0.456 e. The lowest BCUT2D eigenvalue weighted by atomic mass is 9.97. The van der Waals surface area contributed by atoms with Crippen LogP contribution in [0.25, 0.3) is 76.9 Å². The lowest BCUT2D eigenvalue weighted by molar-refractivity contribution is 0.669. The number of benzene rings is 8. The van der Waals surface area contributed by atoms with Gasteiger partial charge in [-0.25, -0.2) is 0 Å². The molecule has 3 heteroatoms. The molecule has 10 rings (SSSR count). The van der Waals surface area contributed by atoms with Gasteiger partial charge >= 0.3 is 0 Å². The first kappa shape index (κ1) is 26.0. The maximum Gasteiger partial charge on any atom is 0.159 e. The van der Waals surface area contributed by atoms with Crippen LogP contribution in [0.2, 0.25) is 0 Å². The number of hydrogen-bond donors (Lipinski definition) is 0. The van der Waals surface area contributed by atoms with Crippen LogP contribution in [-0.4, -0.2) is 0 Å². The summed E-state index contributed by atoms with van der Waals surface area (Å²) in [4.78, 5) is 2.29. The van der Waals surface area contributed by atoms with Gasteiger partial charge < -0.3 is 13.7 Å². The van der Waals surface area contributed by atoms with E-state index >= 15 is 0 Å². The third kappa shape index (κ3) is 4.07. The zero-order valence-corrected chi connectivity index (χ0v) is 25.4. The Labute approximate surface area is 270 Å². The van der Waals surface area contributed by atoms with E-state index in [-0.39, 0.29) is 0 Å². The second kappa shape index (κ2) is 10.1. The molecule has 0 radical (unpaired) electrons. The molecule has 2 aromatic heterocycles. The average molecular weight is 602 g/mol. The number of para-hydroxylation sites is 2. The summed E-state index contributed by atoms with van der Waals surface area (Å²) in [5.74, 6) is 0. The van der Waals surface area contributed by atoms with E-state index in [4.69, 9.17) is 8.83 Å². The molecule has 0 amide bonds. The number of nitrogens with zero attached hydrogens (tertiary/aromatic N) is 1. The fourth-order valence-electron chi connectivity index (χ4n) is 7.19. The monoisotopic (exact) mass is 601 g/mol. The van der Waals surface area contributed by atoms with Gasteiger partial charge in [0.1, 0.15) is 16.7 Å². The van der Waals surface area contributed by atoms with Crippen molar-refractivity contribution >= 4 is 71.7 Å². The van der Waals surface area contributed by atoms with Crippen LogP contribution in [0.4, 0.5) is 17.1 Å². The van der Waals surface area contributed by atoms with E-state index in [1.807, 2.05) is 18.2 Å². The first-order valence-electron chi connectivity index (χ1n) is 15.9. The molecule has 2 heterocycles. The first-order chi connectivity index (χ1) is 23.3. The zero-order valence-electron chi connectivity index (χ0n) is 25.4. The van der Waals surface area contributed by atoms with E-state index in [0.717, 1.165) is 61.3 Å². The molecule has 3 nitrogen and oxygen atoms in total. The summed E-state index contributed by atoms with van der Waals surface area (Å²) < 4.78 is 12.9. The summed E-state index contributed by atoms with van der Waals surface area (Å²) in [5.41, 5.74) is 11.3. The molecule has 0 spiro atoms. The van der Waals surface area contributed by atoms with Crippen molar-refractivity contribution in [3.63, 3.8) is 0 Å². The van der Waals surface area contributed by atoms with Crippen molar-refractivity contribution in [2.75, 3.05) is 4.90 Å². The Morgan fingerprint density at radius 2 is 0.979 bits per heavy atom. The fraction of sp³-hybridized carbons (Fsp3) is 0. The summed E-state index contributed by atoms with van der Waals surface area (Å²) >= 11 is 0. The summed E-state index contributed by atoms with van der Waals surface area (Å²) in [5, 5.41) is 7.02. The predicted molar refractivity (Wildman–Crippen MR) is 195 cm³/mol. The van der Waals surface area contributed by atoms with Crippen LogP contribution in [0, 0.1) is 0 Å². The molecule has 220 valence electrons. The lowest BCUT2D eigenvalue weighted by Gasteiger charge is -2.26. The van der Waals surface area contributed by atoms with Crippen molar-refractivity contribution in [1.82, 2.24) is 0 Å². The highest BCUT2D eigenvalue weighted by molar-refractivity contribution is 6.22. The average Bonchev–Trinajstić information content (AvgIpc) is 3.71. The van der Waals surface area contributed by atoms with Crippen LogP contribution < -0.4 is 4.90 Å². The highest BCUT2D eigenvalue weighted by Gasteiger charge is 2.20. The summed E-state index contributed by atoms with van der Waals surface area (Å²) in [7, 11) is 0. The highest BCUT2D eigenvalue weighted by atomic mass is 16.3. The highest BCUT2D eigenvalue weighted by Crippen LogP contribution is 2.44. The third-order valence-corrected chi connectivity index (χ3v) is 9.42. The molecule has 0 aliphatic heterocycles. The van der Waals surface area contributed by atoms with E-state index in [0.29, 0.717) is 0 Å². The molecule has 0 fully saturated rings. The molecule has 0 N–H and O–H groups in total. The van der Waals surface area contributed by atoms with Crippen LogP contribution >= 0.6 is 0 Å². The van der Waals surface area contributed by atoms with Crippen molar-refractivity contribution in [1.29, 1.82) is 0 Å². The number of fused-ring (bicyclic) bond motifs is 3. The van der Waals surface area contributed by atoms with Gasteiger partial charge in [-0.2, -0.15) is 0 Å². The molecule has 0 saturated heterocycles. The minimum atomic E-state index is 0.866. The molecule has 0 aliphatic rings. The molecule has 0 unspecified atom stereocenters. The van der Waals surface area contributed by atoms with Crippen LogP contribution in [0.15, 0.2) is 173 Å². The Morgan fingerprint density at radius 1 is 0.362 bits per heavy atom. The van der Waals surface area contributed by atoms with Gasteiger partial charge in [0.15, 0.2) is 5.58 Å². The normalized spacial score (nSPS) is 11.8. The van der Waals surface area contributed by atoms with E-state index in [1.165, 1.54) is 32.7 Å². The minimum absolute atomic E-state index is 0.866. The molecule has 0 saturated carbocycles. The molecule has 0 bridgehead atoms. The second-order valence-electron chi connectivity index (χ2n) is 12.1. The topological polar surface area (TPSA) is 29.5 Å². The molecule has 0 atom stereocenters. The van der Waals surface area contributed by atoms with E-state index < -0.39 is 0 Å². The van der Waals surface area contributed by atoms with E-state index in [9.17, 15) is 0 Å². The van der Waals surface area contributed by atoms with Crippen LogP contribution in [0.3, 0.4) is 0 Å². The van der Waals surface area contributed by atoms with Crippen LogP contribution in [-0.2, 0) is 0 Å². The van der Waals surface area contributed by atoms with Crippen molar-refractivity contribution < 1.29 is 8.83 Å². The Kier molecular flexibility index (Phi) is 5.57. The van der Waals surface area contributed by atoms with Crippen molar-refractivity contribution in [2.24, 2.45) is 0 Å². The Bertz CT molecular complexity index is 2720. The van der Waals surface area contributed by atoms with Crippen molar-refractivity contribution in [3.05, 3.63) is 164 Å². The first-order valence-corrected chi connectivity index (χ1v) is 15.9. The van der Waals surface area contributed by atoms with Crippen molar-refractivity contribution in [2.45, 2.75) is 0 Å². The Hall–Kier alpha value is -6.32. The molecule has 8 aromatic carbocycles. The zero-order chi connectivity index (χ0) is 30.9. The number of anilines is 3. The van der Waals surface area contributed by atoms with Crippen LogP contribution in [0.5, 0.6) is 0 Å². The number of rotatable bonds is 5. The second-order valence-corrected chi connectivity index (χ2v) is 12.1. The smallest absolute Gasteiger partial charge is 0.159 e. The van der Waals surface area contributed by atoms with Crippen LogP contribution in [0.1, 0.15) is 0 Å². The quantitative estimate of drug-likeness (QED) is 0.184. The molecule has 10 aromatic rings. The van der Waals surface area contributed by atoms with Gasteiger partial charge in [0, 0.05) is 32.9 Å². The number of hydrogen-bond acceptors (Lipinski definition) is 3. The molecular formula is C44H27NO2. The Morgan fingerprint density at radius 3 is 1.79 bits per heavy atom. The van der Waals surface area contributed by atoms with Crippen molar-refractivity contribution in [3.8, 4) is 22.3 Å². The molecule has 47 heavy (non-hydrogen) atoms. The Balaban J connectivity index is 1.11. The molecule has 0 aliphatic carbocycles. The SMILES string of the molecule is c1ccc(-c2ccc(N(c3ccc(-c4cc5ccc6cccc7oc(c4)c5c67)cc3)c3cccc4c3oc3ccccc34)cc2)cc1. The van der Waals surface area contributed by atoms with E-state index in [1.54, 1.807) is 0 Å². The maximum atomic E-state index is 6.53.